The van der Waals surface area contributed by atoms with Crippen LogP contribution in [-0.4, -0.2) is 59.4 Å². The minimum atomic E-state index is -1.13. The van der Waals surface area contributed by atoms with Gasteiger partial charge in [0.1, 0.15) is 6.54 Å². The van der Waals surface area contributed by atoms with Crippen LogP contribution in [0, 0.1) is 0 Å². The summed E-state index contributed by atoms with van der Waals surface area (Å²) >= 11 is 0. The van der Waals surface area contributed by atoms with Gasteiger partial charge in [-0.2, -0.15) is 0 Å². The van der Waals surface area contributed by atoms with Crippen molar-refractivity contribution in [1.29, 1.82) is 0 Å². The quantitative estimate of drug-likeness (QED) is 0.200. The van der Waals surface area contributed by atoms with Crippen LogP contribution in [0.2, 0.25) is 0 Å². The summed E-state index contributed by atoms with van der Waals surface area (Å²) in [6.45, 7) is 3.89. The number of quaternary nitrogens is 1. The van der Waals surface area contributed by atoms with Crippen molar-refractivity contribution in [3.63, 3.8) is 0 Å². The Hall–Kier alpha value is -0.140. The minimum Gasteiger partial charge on any atom is -0.550 e. The van der Waals surface area contributed by atoms with Gasteiger partial charge in [-0.25, -0.2) is 0 Å². The Morgan fingerprint density at radius 3 is 2.00 bits per heavy atom. The molecule has 0 heterocycles. The van der Waals surface area contributed by atoms with Crippen LogP contribution in [0.5, 0.6) is 0 Å². The van der Waals surface area contributed by atoms with E-state index < -0.39 is 11.9 Å². The number of carboxylic acid groups (broad SMARTS) is 2. The maximum atomic E-state index is 10.8. The number of aliphatic hydroxyl groups excluding tert-OH is 1. The predicted molar refractivity (Wildman–Crippen MR) is 82.1 cm³/mol. The molecule has 1 atom stereocenters. The molecular weight excluding hydrogens is 309 g/mol. The molecule has 0 saturated heterocycles. The Morgan fingerprint density at radius 2 is 1.48 bits per heavy atom. The summed E-state index contributed by atoms with van der Waals surface area (Å²) in [7, 11) is 0. The zero-order chi connectivity index (χ0) is 16.8. The first-order valence-corrected chi connectivity index (χ1v) is 8.33. The molecule has 0 bridgehead atoms. The van der Waals surface area contributed by atoms with Crippen molar-refractivity contribution in [1.82, 2.24) is 0 Å². The van der Waals surface area contributed by atoms with Crippen LogP contribution >= 0.6 is 0 Å². The zero-order valence-electron chi connectivity index (χ0n) is 14.8. The fourth-order valence-corrected chi connectivity index (χ4v) is 2.77. The van der Waals surface area contributed by atoms with Crippen LogP contribution in [-0.2, 0) is 9.59 Å². The molecule has 0 aliphatic rings. The second-order valence-electron chi connectivity index (χ2n) is 5.99. The molecule has 0 saturated carbocycles. The Bertz CT molecular complexity index is 308. The maximum absolute atomic E-state index is 10.8. The summed E-state index contributed by atoms with van der Waals surface area (Å²) in [5.74, 6) is -2.02. The molecule has 0 aromatic heterocycles. The second-order valence-corrected chi connectivity index (χ2v) is 5.99. The first kappa shape index (κ1) is 25.1. The molecular formula is C16H31NNaO5+. The molecule has 130 valence electrons. The zero-order valence-corrected chi connectivity index (χ0v) is 16.8. The number of hydrogen-bond donors (Lipinski definition) is 2. The van der Waals surface area contributed by atoms with Crippen molar-refractivity contribution in [3.05, 3.63) is 0 Å². The topological polar surface area (TPSA) is 97.7 Å². The van der Waals surface area contributed by atoms with E-state index >= 15 is 0 Å². The average Bonchev–Trinajstić information content (AvgIpc) is 2.46. The van der Waals surface area contributed by atoms with Gasteiger partial charge in [-0.1, -0.05) is 32.6 Å². The van der Waals surface area contributed by atoms with E-state index in [1.54, 1.807) is 0 Å². The van der Waals surface area contributed by atoms with E-state index in [1.165, 1.54) is 19.3 Å². The van der Waals surface area contributed by atoms with Crippen LogP contribution in [0.4, 0.5) is 0 Å². The fourth-order valence-electron chi connectivity index (χ4n) is 2.77. The van der Waals surface area contributed by atoms with Crippen LogP contribution in [0.1, 0.15) is 58.3 Å². The summed E-state index contributed by atoms with van der Waals surface area (Å²) in [5, 5.41) is 28.9. The number of aliphatic carboxylic acids is 2. The van der Waals surface area contributed by atoms with Gasteiger partial charge in [0.25, 0.3) is 0 Å². The van der Waals surface area contributed by atoms with Gasteiger partial charge in [-0.15, -0.1) is 0 Å². The molecule has 0 radical (unpaired) electrons. The summed E-state index contributed by atoms with van der Waals surface area (Å²) < 4.78 is 0.352. The molecule has 23 heavy (non-hydrogen) atoms. The molecule has 0 aliphatic heterocycles. The minimum absolute atomic E-state index is 0. The third kappa shape index (κ3) is 14.0. The molecule has 0 rings (SSSR count). The van der Waals surface area contributed by atoms with Crippen LogP contribution < -0.4 is 34.7 Å². The Kier molecular flexibility index (Phi) is 16.8. The molecule has 0 spiro atoms. The molecule has 2 N–H and O–H groups in total. The van der Waals surface area contributed by atoms with Crippen molar-refractivity contribution >= 4 is 11.9 Å². The smallest absolute Gasteiger partial charge is 0.550 e. The van der Waals surface area contributed by atoms with Crippen molar-refractivity contribution in [2.24, 2.45) is 0 Å². The van der Waals surface area contributed by atoms with E-state index in [-0.39, 0.29) is 49.0 Å². The largest absolute Gasteiger partial charge is 1.00 e. The first-order chi connectivity index (χ1) is 10.5. The van der Waals surface area contributed by atoms with Gasteiger partial charge in [0, 0.05) is 12.4 Å². The summed E-state index contributed by atoms with van der Waals surface area (Å²) in [6.07, 6.45) is 6.63. The molecule has 0 aliphatic carbocycles. The van der Waals surface area contributed by atoms with Crippen molar-refractivity contribution < 1.29 is 58.9 Å². The van der Waals surface area contributed by atoms with E-state index in [0.29, 0.717) is 30.7 Å². The maximum Gasteiger partial charge on any atom is 1.00 e. The molecule has 0 amide bonds. The first-order valence-electron chi connectivity index (χ1n) is 8.33. The molecule has 0 fully saturated rings. The molecule has 6 nitrogen and oxygen atoms in total. The number of nitrogens with zero attached hydrogens (tertiary/aromatic N) is 1. The Labute approximate surface area is 161 Å². The van der Waals surface area contributed by atoms with Crippen molar-refractivity contribution in [3.8, 4) is 0 Å². The Balaban J connectivity index is 0. The van der Waals surface area contributed by atoms with Crippen LogP contribution in [0.3, 0.4) is 0 Å². The van der Waals surface area contributed by atoms with Gasteiger partial charge in [0.15, 0.2) is 0 Å². The molecule has 1 unspecified atom stereocenters. The van der Waals surface area contributed by atoms with Gasteiger partial charge >= 0.3 is 35.5 Å². The van der Waals surface area contributed by atoms with E-state index in [2.05, 4.69) is 6.92 Å². The molecule has 0 aromatic carbocycles. The normalized spacial score (nSPS) is 13.1. The van der Waals surface area contributed by atoms with Gasteiger partial charge in [0.05, 0.1) is 32.7 Å². The molecule has 0 aromatic rings. The standard InChI is InChI=1S/C16H31NO5.Na/c1-2-3-4-5-6-7-10-17(13-14-18,11-8-15(19)20)12-9-16(21)22;/h18H,2-14H2,1H3,(H-,19,20,21,22);/q;+1. The Morgan fingerprint density at radius 1 is 0.913 bits per heavy atom. The number of carboxylic acids is 2. The number of carbonyl (C=O) groups is 2. The van der Waals surface area contributed by atoms with Crippen molar-refractivity contribution in [2.45, 2.75) is 58.3 Å². The fraction of sp³-hybridized carbons (Fsp3) is 0.875. The molecule has 7 heteroatoms. The number of hydrogen-bond acceptors (Lipinski definition) is 4. The second kappa shape index (κ2) is 15.4. The van der Waals surface area contributed by atoms with E-state index in [9.17, 15) is 19.8 Å². The van der Waals surface area contributed by atoms with E-state index in [4.69, 9.17) is 5.11 Å². The van der Waals surface area contributed by atoms with E-state index in [1.807, 2.05) is 0 Å². The van der Waals surface area contributed by atoms with Crippen molar-refractivity contribution in [2.75, 3.05) is 32.8 Å². The SMILES string of the molecule is CCCCCCCC[N+](CCO)(CCC(=O)[O-])CCC(=O)O.[Na+]. The predicted octanol–water partition coefficient (Wildman–Crippen LogP) is -2.23. The number of aliphatic hydroxyl groups is 1. The van der Waals surface area contributed by atoms with Crippen LogP contribution in [0.15, 0.2) is 0 Å². The number of carbonyl (C=O) groups excluding carboxylic acids is 1. The third-order valence-electron chi connectivity index (χ3n) is 4.15. The average molecular weight is 340 g/mol. The summed E-state index contributed by atoms with van der Waals surface area (Å²) in [4.78, 5) is 21.6. The monoisotopic (exact) mass is 340 g/mol. The van der Waals surface area contributed by atoms with Gasteiger partial charge in [-0.3, -0.25) is 4.79 Å². The van der Waals surface area contributed by atoms with Gasteiger partial charge in [-0.05, 0) is 12.8 Å². The summed E-state index contributed by atoms with van der Waals surface area (Å²) in [5.41, 5.74) is 0. The number of rotatable bonds is 15. The van der Waals surface area contributed by atoms with Crippen LogP contribution in [0.25, 0.3) is 0 Å². The summed E-state index contributed by atoms with van der Waals surface area (Å²) in [6, 6.07) is 0. The van der Waals surface area contributed by atoms with Gasteiger partial charge in [0.2, 0.25) is 0 Å². The third-order valence-corrected chi connectivity index (χ3v) is 4.15. The van der Waals surface area contributed by atoms with Gasteiger partial charge < -0.3 is 24.6 Å². The number of unbranched alkanes of at least 4 members (excludes halogenated alkanes) is 5. The van der Waals surface area contributed by atoms with E-state index in [0.717, 1.165) is 19.3 Å².